The fourth-order valence-electron chi connectivity index (χ4n) is 2.84. The third-order valence-corrected chi connectivity index (χ3v) is 3.99. The van der Waals surface area contributed by atoms with Gasteiger partial charge in [0, 0.05) is 0 Å². The molecule has 4 N–H and O–H groups in total. The van der Waals surface area contributed by atoms with Gasteiger partial charge in [0.05, 0.1) is 0 Å². The lowest BCUT2D eigenvalue weighted by molar-refractivity contribution is 0.0276. The van der Waals surface area contributed by atoms with Crippen molar-refractivity contribution < 1.29 is 0 Å². The second-order valence-electron chi connectivity index (χ2n) is 4.57. The Hall–Kier alpha value is -0.0800. The molecule has 2 aliphatic carbocycles. The van der Waals surface area contributed by atoms with Crippen LogP contribution in [0.4, 0.5) is 0 Å². The predicted molar refractivity (Wildman–Crippen MR) is 50.5 cm³/mol. The van der Waals surface area contributed by atoms with Gasteiger partial charge >= 0.3 is 0 Å². The maximum Gasteiger partial charge on any atom is -0.00461 e. The van der Waals surface area contributed by atoms with E-state index in [2.05, 4.69) is 0 Å². The first-order chi connectivity index (χ1) is 5.85. The first-order valence-electron chi connectivity index (χ1n) is 5.25. The molecule has 0 aromatic heterocycles. The summed E-state index contributed by atoms with van der Waals surface area (Å²) in [5.41, 5.74) is 11.3. The summed E-state index contributed by atoms with van der Waals surface area (Å²) >= 11 is 0. The van der Waals surface area contributed by atoms with Crippen molar-refractivity contribution in [3.63, 3.8) is 0 Å². The molecular weight excluding hydrogens is 148 g/mol. The van der Waals surface area contributed by atoms with Crippen molar-refractivity contribution in [1.82, 2.24) is 0 Å². The van der Waals surface area contributed by atoms with Gasteiger partial charge in [0.15, 0.2) is 0 Å². The van der Waals surface area contributed by atoms with E-state index in [4.69, 9.17) is 11.5 Å². The monoisotopic (exact) mass is 168 g/mol. The van der Waals surface area contributed by atoms with Gasteiger partial charge in [0.1, 0.15) is 0 Å². The van der Waals surface area contributed by atoms with Gasteiger partial charge in [-0.2, -0.15) is 0 Å². The van der Waals surface area contributed by atoms with Crippen LogP contribution >= 0.6 is 0 Å². The Morgan fingerprint density at radius 3 is 2.17 bits per heavy atom. The topological polar surface area (TPSA) is 52.0 Å². The quantitative estimate of drug-likeness (QED) is 0.659. The molecule has 0 aromatic rings. The van der Waals surface area contributed by atoms with E-state index in [1.807, 2.05) is 0 Å². The minimum Gasteiger partial charge on any atom is -0.330 e. The fourth-order valence-corrected chi connectivity index (χ4v) is 2.84. The number of rotatable bonds is 3. The molecule has 0 unspecified atom stereocenters. The Kier molecular flexibility index (Phi) is 2.37. The van der Waals surface area contributed by atoms with Gasteiger partial charge in [-0.05, 0) is 62.4 Å². The minimum absolute atomic E-state index is 0.842. The van der Waals surface area contributed by atoms with Gasteiger partial charge in [-0.15, -0.1) is 0 Å². The highest BCUT2D eigenvalue weighted by atomic mass is 14.6. The fraction of sp³-hybridized carbons (Fsp3) is 1.00. The molecule has 0 aromatic carbocycles. The summed E-state index contributed by atoms with van der Waals surface area (Å²) in [5, 5.41) is 0. The normalized spacial score (nSPS) is 46.5. The number of hydrogen-bond donors (Lipinski definition) is 2. The molecule has 12 heavy (non-hydrogen) atoms. The molecule has 0 spiro atoms. The average Bonchev–Trinajstić information content (AvgIpc) is 1.94. The molecule has 2 atom stereocenters. The van der Waals surface area contributed by atoms with Gasteiger partial charge in [-0.3, -0.25) is 0 Å². The highest BCUT2D eigenvalue weighted by Crippen LogP contribution is 2.49. The van der Waals surface area contributed by atoms with Crippen molar-refractivity contribution in [3.8, 4) is 0 Å². The molecule has 2 saturated carbocycles. The first kappa shape index (κ1) is 8.52. The molecule has 0 heterocycles. The lowest BCUT2D eigenvalue weighted by Crippen LogP contribution is -2.44. The van der Waals surface area contributed by atoms with Gasteiger partial charge in [0.25, 0.3) is 0 Å². The summed E-state index contributed by atoms with van der Waals surface area (Å²) in [7, 11) is 0. The van der Waals surface area contributed by atoms with Crippen LogP contribution in [0.15, 0.2) is 0 Å². The number of nitrogens with two attached hydrogens (primary N) is 2. The lowest BCUT2D eigenvalue weighted by atomic mass is 9.58. The summed E-state index contributed by atoms with van der Waals surface area (Å²) in [6.07, 6.45) is 5.59. The van der Waals surface area contributed by atoms with Crippen molar-refractivity contribution in [2.24, 2.45) is 35.1 Å². The van der Waals surface area contributed by atoms with E-state index >= 15 is 0 Å². The molecule has 2 heteroatoms. The highest BCUT2D eigenvalue weighted by Gasteiger charge is 2.41. The summed E-state index contributed by atoms with van der Waals surface area (Å²) in [6.45, 7) is 1.81. The van der Waals surface area contributed by atoms with E-state index in [1.54, 1.807) is 0 Å². The van der Waals surface area contributed by atoms with Gasteiger partial charge < -0.3 is 11.5 Å². The minimum atomic E-state index is 0.842. The molecule has 0 bridgehead atoms. The zero-order valence-corrected chi connectivity index (χ0v) is 7.71. The first-order valence-corrected chi connectivity index (χ1v) is 5.25. The third kappa shape index (κ3) is 1.27. The molecule has 2 rings (SSSR count). The summed E-state index contributed by atoms with van der Waals surface area (Å²) in [4.78, 5) is 0. The smallest absolute Gasteiger partial charge is 0.00461 e. The van der Waals surface area contributed by atoms with E-state index in [9.17, 15) is 0 Å². The Morgan fingerprint density at radius 1 is 1.00 bits per heavy atom. The molecular formula is C10H20N2. The van der Waals surface area contributed by atoms with Crippen LogP contribution < -0.4 is 11.5 Å². The van der Waals surface area contributed by atoms with Gasteiger partial charge in [-0.25, -0.2) is 0 Å². The van der Waals surface area contributed by atoms with Crippen molar-refractivity contribution >= 4 is 0 Å². The summed E-state index contributed by atoms with van der Waals surface area (Å²) in [6, 6.07) is 0. The zero-order chi connectivity index (χ0) is 8.55. The Balaban J connectivity index is 1.74. The van der Waals surface area contributed by atoms with Crippen LogP contribution in [-0.2, 0) is 0 Å². The van der Waals surface area contributed by atoms with Crippen LogP contribution in [0.2, 0.25) is 0 Å². The van der Waals surface area contributed by atoms with Crippen LogP contribution in [0.3, 0.4) is 0 Å². The standard InChI is InChI=1S/C10H20N2/c11-5-7-3-9(4-7)10-2-1-8(10)6-12/h7-10H,1-6,11-12H2/t7?,8-,9?,10-/m0/s1. The van der Waals surface area contributed by atoms with E-state index in [1.165, 1.54) is 25.7 Å². The Labute approximate surface area is 74.7 Å². The Morgan fingerprint density at radius 2 is 1.75 bits per heavy atom. The molecule has 2 fully saturated rings. The Bertz CT molecular complexity index is 150. The second kappa shape index (κ2) is 3.35. The van der Waals surface area contributed by atoms with Crippen molar-refractivity contribution in [2.75, 3.05) is 13.1 Å². The zero-order valence-electron chi connectivity index (χ0n) is 7.71. The molecule has 0 saturated heterocycles. The van der Waals surface area contributed by atoms with E-state index in [-0.39, 0.29) is 0 Å². The lowest BCUT2D eigenvalue weighted by Gasteiger charge is -2.48. The molecule has 2 aliphatic rings. The second-order valence-corrected chi connectivity index (χ2v) is 4.57. The van der Waals surface area contributed by atoms with Gasteiger partial charge in [0.2, 0.25) is 0 Å². The maximum atomic E-state index is 5.68. The largest absolute Gasteiger partial charge is 0.330 e. The predicted octanol–water partition coefficient (Wildman–Crippen LogP) is 0.956. The van der Waals surface area contributed by atoms with Crippen LogP contribution in [0.25, 0.3) is 0 Å². The van der Waals surface area contributed by atoms with Crippen molar-refractivity contribution in [3.05, 3.63) is 0 Å². The van der Waals surface area contributed by atoms with Crippen LogP contribution in [-0.4, -0.2) is 13.1 Å². The molecule has 0 radical (unpaired) electrons. The van der Waals surface area contributed by atoms with Crippen molar-refractivity contribution in [1.29, 1.82) is 0 Å². The van der Waals surface area contributed by atoms with E-state index < -0.39 is 0 Å². The average molecular weight is 168 g/mol. The third-order valence-electron chi connectivity index (χ3n) is 3.99. The molecule has 70 valence electrons. The summed E-state index contributed by atoms with van der Waals surface area (Å²) in [5.74, 6) is 3.65. The molecule has 2 nitrogen and oxygen atoms in total. The van der Waals surface area contributed by atoms with Crippen LogP contribution in [0.5, 0.6) is 0 Å². The number of hydrogen-bond acceptors (Lipinski definition) is 2. The van der Waals surface area contributed by atoms with Crippen LogP contribution in [0.1, 0.15) is 25.7 Å². The molecule has 0 aliphatic heterocycles. The highest BCUT2D eigenvalue weighted by molar-refractivity contribution is 4.93. The maximum absolute atomic E-state index is 5.68. The van der Waals surface area contributed by atoms with E-state index in [0.29, 0.717) is 0 Å². The van der Waals surface area contributed by atoms with Crippen molar-refractivity contribution in [2.45, 2.75) is 25.7 Å². The van der Waals surface area contributed by atoms with E-state index in [0.717, 1.165) is 36.8 Å². The summed E-state index contributed by atoms with van der Waals surface area (Å²) < 4.78 is 0. The van der Waals surface area contributed by atoms with Crippen LogP contribution in [0, 0.1) is 23.7 Å². The van der Waals surface area contributed by atoms with Gasteiger partial charge in [-0.1, -0.05) is 0 Å². The SMILES string of the molecule is NCC1CC([C@H]2CC[C@H]2CN)C1. The molecule has 0 amide bonds.